The third kappa shape index (κ3) is 4.10. The maximum absolute atomic E-state index is 13.2. The number of hydrogen-bond donors (Lipinski definition) is 1. The maximum atomic E-state index is 13.2. The number of nitrogens with zero attached hydrogens (tertiary/aromatic N) is 1. The zero-order chi connectivity index (χ0) is 23.0. The van der Waals surface area contributed by atoms with Crippen molar-refractivity contribution in [1.29, 1.82) is 0 Å². The minimum atomic E-state index is -1.56. The van der Waals surface area contributed by atoms with Crippen LogP contribution >= 0.6 is 11.6 Å². The van der Waals surface area contributed by atoms with E-state index < -0.39 is 45.3 Å². The number of benzene rings is 2. The van der Waals surface area contributed by atoms with Gasteiger partial charge < -0.3 is 14.6 Å². The molecule has 2 heterocycles. The smallest absolute Gasteiger partial charge is 0.334 e. The highest BCUT2D eigenvalue weighted by Crippen LogP contribution is 2.46. The Labute approximate surface area is 194 Å². The Balaban J connectivity index is 1.42. The van der Waals surface area contributed by atoms with Gasteiger partial charge in [0.15, 0.2) is 16.8 Å². The van der Waals surface area contributed by atoms with Crippen LogP contribution in [0.1, 0.15) is 25.0 Å². The van der Waals surface area contributed by atoms with E-state index in [0.29, 0.717) is 5.02 Å². The molecule has 1 N–H and O–H groups in total. The van der Waals surface area contributed by atoms with Crippen molar-refractivity contribution in [3.05, 3.63) is 70.7 Å². The molecule has 0 bridgehead atoms. The first kappa shape index (κ1) is 22.6. The second-order valence-electron chi connectivity index (χ2n) is 8.38. The summed E-state index contributed by atoms with van der Waals surface area (Å²) in [6.45, 7) is 3.42. The quantitative estimate of drug-likeness (QED) is 0.393. The van der Waals surface area contributed by atoms with Crippen LogP contribution in [0.5, 0.6) is 0 Å². The zero-order valence-corrected chi connectivity index (χ0v) is 19.2. The van der Waals surface area contributed by atoms with Crippen LogP contribution in [0.25, 0.3) is 0 Å². The van der Waals surface area contributed by atoms with Crippen molar-refractivity contribution < 1.29 is 23.7 Å². The van der Waals surface area contributed by atoms with E-state index in [2.05, 4.69) is 5.32 Å². The van der Waals surface area contributed by atoms with Gasteiger partial charge >= 0.3 is 5.97 Å². The van der Waals surface area contributed by atoms with Gasteiger partial charge in [-0.2, -0.15) is 0 Å². The number of carbonyl (C=O) groups is 3. The molecule has 2 aromatic rings. The molecule has 0 saturated carbocycles. The molecule has 0 aromatic heterocycles. The highest BCUT2D eigenvalue weighted by Gasteiger charge is 2.73. The van der Waals surface area contributed by atoms with Gasteiger partial charge in [0.1, 0.15) is 6.61 Å². The molecular weight excluding hydrogens is 452 g/mol. The lowest BCUT2D eigenvalue weighted by atomic mass is 9.96. The molecule has 0 unspecified atom stereocenters. The Morgan fingerprint density at radius 2 is 1.78 bits per heavy atom. The van der Waals surface area contributed by atoms with Gasteiger partial charge in [-0.25, -0.2) is 4.79 Å². The molecule has 168 valence electrons. The average Bonchev–Trinajstić information content (AvgIpc) is 2.96. The number of fused-ring (bicyclic) bond motifs is 1. The van der Waals surface area contributed by atoms with E-state index in [1.807, 2.05) is 30.3 Å². The molecule has 7 nitrogen and oxygen atoms in total. The van der Waals surface area contributed by atoms with Crippen LogP contribution in [0.3, 0.4) is 0 Å². The van der Waals surface area contributed by atoms with Crippen LogP contribution in [0.15, 0.2) is 54.6 Å². The van der Waals surface area contributed by atoms with E-state index >= 15 is 0 Å². The van der Waals surface area contributed by atoms with Crippen LogP contribution in [0.4, 0.5) is 0 Å². The van der Waals surface area contributed by atoms with E-state index in [1.54, 1.807) is 38.1 Å². The van der Waals surface area contributed by atoms with Crippen LogP contribution in [0.2, 0.25) is 5.02 Å². The average molecular weight is 475 g/mol. The van der Waals surface area contributed by atoms with Crippen molar-refractivity contribution in [3.63, 3.8) is 0 Å². The van der Waals surface area contributed by atoms with E-state index in [9.17, 15) is 18.9 Å². The molecule has 0 radical (unpaired) electrons. The Kier molecular flexibility index (Phi) is 6.20. The summed E-state index contributed by atoms with van der Waals surface area (Å²) in [5.74, 6) is -1.40. The molecule has 9 heteroatoms. The van der Waals surface area contributed by atoms with Crippen molar-refractivity contribution in [2.24, 2.45) is 0 Å². The zero-order valence-electron chi connectivity index (χ0n) is 17.6. The van der Waals surface area contributed by atoms with Gasteiger partial charge in [0.05, 0.1) is 6.42 Å². The summed E-state index contributed by atoms with van der Waals surface area (Å²) in [5, 5.41) is 2.48. The summed E-state index contributed by atoms with van der Waals surface area (Å²) in [5.41, 5.74) is 1.56. The number of hydrogen-bond acceptors (Lipinski definition) is 5. The van der Waals surface area contributed by atoms with Gasteiger partial charge in [-0.05, 0) is 48.3 Å². The molecule has 2 aromatic carbocycles. The summed E-state index contributed by atoms with van der Waals surface area (Å²) in [4.78, 5) is 39.5. The number of halogens is 1. The van der Waals surface area contributed by atoms with Gasteiger partial charge in [0.25, 0.3) is 5.91 Å². The summed E-state index contributed by atoms with van der Waals surface area (Å²) in [6.07, 6.45) is 0.0617. The molecule has 2 aliphatic heterocycles. The number of esters is 1. The SMILES string of the molecule is CC1(C)[C@H](C(=O)OCc2ccccc2)N2C(=O)[C@@H](NC(=O)Cc3ccc(Cl)cc3)[C@H]2[S@@+]1[O-]. The molecule has 2 saturated heterocycles. The third-order valence-electron chi connectivity index (χ3n) is 5.80. The number of amides is 2. The lowest BCUT2D eigenvalue weighted by molar-refractivity contribution is -0.165. The fourth-order valence-electron chi connectivity index (χ4n) is 4.09. The first-order valence-corrected chi connectivity index (χ1v) is 11.8. The standard InChI is InChI=1S/C23H23ClN2O5S/c1-23(2)19(22(29)31-13-15-6-4-3-5-7-15)26-20(28)18(21(26)32(23)30)25-17(27)12-14-8-10-16(24)11-9-14/h3-11,18-19,21H,12-13H2,1-2H3,(H,25,27)/t18-,19+,21-,32-/m1/s1. The molecule has 4 atom stereocenters. The molecule has 0 spiro atoms. The summed E-state index contributed by atoms with van der Waals surface area (Å²) in [7, 11) is 0. The van der Waals surface area contributed by atoms with Crippen molar-refractivity contribution in [1.82, 2.24) is 10.2 Å². The number of ether oxygens (including phenoxy) is 1. The minimum absolute atomic E-state index is 0.0617. The van der Waals surface area contributed by atoms with E-state index in [0.717, 1.165) is 11.1 Å². The Bertz CT molecular complexity index is 1030. The lowest BCUT2D eigenvalue weighted by Crippen LogP contribution is -2.72. The van der Waals surface area contributed by atoms with E-state index in [1.165, 1.54) is 4.90 Å². The number of carbonyl (C=O) groups excluding carboxylic acids is 3. The molecule has 0 aliphatic carbocycles. The predicted molar refractivity (Wildman–Crippen MR) is 120 cm³/mol. The molecule has 2 aliphatic rings. The minimum Gasteiger partial charge on any atom is -0.614 e. The lowest BCUT2D eigenvalue weighted by Gasteiger charge is -2.41. The Hall–Kier alpha value is -2.55. The second-order valence-corrected chi connectivity index (χ2v) is 10.9. The Morgan fingerprint density at radius 1 is 1.12 bits per heavy atom. The van der Waals surface area contributed by atoms with Crippen LogP contribution in [0, 0.1) is 0 Å². The first-order chi connectivity index (χ1) is 15.2. The van der Waals surface area contributed by atoms with Crippen molar-refractivity contribution in [3.8, 4) is 0 Å². The summed E-state index contributed by atoms with van der Waals surface area (Å²) >= 11 is 4.30. The van der Waals surface area contributed by atoms with Crippen LogP contribution in [-0.2, 0) is 43.3 Å². The largest absolute Gasteiger partial charge is 0.614 e. The molecule has 2 fully saturated rings. The maximum Gasteiger partial charge on any atom is 0.334 e. The summed E-state index contributed by atoms with van der Waals surface area (Å²) in [6, 6.07) is 14.1. The van der Waals surface area contributed by atoms with Crippen molar-refractivity contribution in [2.45, 2.75) is 49.1 Å². The Morgan fingerprint density at radius 3 is 2.44 bits per heavy atom. The monoisotopic (exact) mass is 474 g/mol. The normalized spacial score (nSPS) is 25.6. The number of rotatable bonds is 6. The summed E-state index contributed by atoms with van der Waals surface area (Å²) < 4.78 is 17.6. The van der Waals surface area contributed by atoms with E-state index in [-0.39, 0.29) is 18.9 Å². The van der Waals surface area contributed by atoms with Gasteiger partial charge in [-0.1, -0.05) is 54.1 Å². The third-order valence-corrected chi connectivity index (χ3v) is 8.25. The predicted octanol–water partition coefficient (Wildman–Crippen LogP) is 2.19. The van der Waals surface area contributed by atoms with Crippen molar-refractivity contribution >= 4 is 40.6 Å². The molecule has 32 heavy (non-hydrogen) atoms. The first-order valence-electron chi connectivity index (χ1n) is 10.2. The topological polar surface area (TPSA) is 98.8 Å². The van der Waals surface area contributed by atoms with Crippen LogP contribution < -0.4 is 5.32 Å². The fourth-order valence-corrected chi connectivity index (χ4v) is 6.14. The molecule has 2 amide bonds. The molecular formula is C23H23ClN2O5S. The van der Waals surface area contributed by atoms with Gasteiger partial charge in [-0.15, -0.1) is 0 Å². The molecule has 4 rings (SSSR count). The van der Waals surface area contributed by atoms with Gasteiger partial charge in [0.2, 0.25) is 11.3 Å². The van der Waals surface area contributed by atoms with Crippen LogP contribution in [-0.4, -0.2) is 49.4 Å². The fraction of sp³-hybridized carbons (Fsp3) is 0.348. The number of nitrogens with one attached hydrogen (secondary N) is 1. The van der Waals surface area contributed by atoms with Crippen molar-refractivity contribution in [2.75, 3.05) is 0 Å². The van der Waals surface area contributed by atoms with Gasteiger partial charge in [-0.3, -0.25) is 14.5 Å². The number of β-lactam (4-membered cyclic amide) rings is 1. The van der Waals surface area contributed by atoms with Gasteiger partial charge in [0, 0.05) is 5.02 Å². The second kappa shape index (κ2) is 8.77. The van der Waals surface area contributed by atoms with E-state index in [4.69, 9.17) is 16.3 Å². The highest BCUT2D eigenvalue weighted by molar-refractivity contribution is 7.94. The highest BCUT2D eigenvalue weighted by atomic mass is 35.5.